The summed E-state index contributed by atoms with van der Waals surface area (Å²) in [5.41, 5.74) is 2.94. The van der Waals surface area contributed by atoms with Crippen LogP contribution in [-0.4, -0.2) is 22.0 Å². The van der Waals surface area contributed by atoms with Gasteiger partial charge in [-0.2, -0.15) is 0 Å². The number of carbonyl (C=O) groups excluding carboxylic acids is 1. The highest BCUT2D eigenvalue weighted by molar-refractivity contribution is 7.17. The van der Waals surface area contributed by atoms with Gasteiger partial charge in [0.2, 0.25) is 5.91 Å². The lowest BCUT2D eigenvalue weighted by molar-refractivity contribution is -0.121. The number of furan rings is 1. The van der Waals surface area contributed by atoms with E-state index in [1.165, 1.54) is 27.8 Å². The summed E-state index contributed by atoms with van der Waals surface area (Å²) in [7, 11) is 0. The third-order valence-corrected chi connectivity index (χ3v) is 5.66. The van der Waals surface area contributed by atoms with Crippen LogP contribution in [0.15, 0.2) is 63.6 Å². The van der Waals surface area contributed by atoms with Crippen molar-refractivity contribution in [2.45, 2.75) is 26.3 Å². The number of hydrogen-bond donors (Lipinski definition) is 1. The van der Waals surface area contributed by atoms with Crippen LogP contribution < -0.4 is 10.9 Å². The molecule has 0 bridgehead atoms. The second-order valence-corrected chi connectivity index (χ2v) is 7.73. The minimum atomic E-state index is -0.116. The van der Waals surface area contributed by atoms with Crippen LogP contribution in [0.1, 0.15) is 17.7 Å². The summed E-state index contributed by atoms with van der Waals surface area (Å²) in [4.78, 5) is 30.3. The zero-order valence-electron chi connectivity index (χ0n) is 16.1. The first-order chi connectivity index (χ1) is 14.1. The average Bonchev–Trinajstić information content (AvgIpc) is 3.38. The summed E-state index contributed by atoms with van der Waals surface area (Å²) in [6, 6.07) is 11.8. The summed E-state index contributed by atoms with van der Waals surface area (Å²) in [6.07, 6.45) is 3.99. The zero-order chi connectivity index (χ0) is 20.2. The summed E-state index contributed by atoms with van der Waals surface area (Å²) < 4.78 is 6.76. The molecule has 0 aliphatic rings. The van der Waals surface area contributed by atoms with E-state index in [9.17, 15) is 9.59 Å². The van der Waals surface area contributed by atoms with Crippen LogP contribution in [0.3, 0.4) is 0 Å². The monoisotopic (exact) mass is 407 g/mol. The van der Waals surface area contributed by atoms with Gasteiger partial charge in [0, 0.05) is 36.9 Å². The molecule has 1 N–H and O–H groups in total. The lowest BCUT2D eigenvalue weighted by Gasteiger charge is -2.07. The van der Waals surface area contributed by atoms with Crippen molar-refractivity contribution in [1.29, 1.82) is 0 Å². The highest BCUT2D eigenvalue weighted by Gasteiger charge is 2.14. The van der Waals surface area contributed by atoms with Crippen LogP contribution in [0.5, 0.6) is 0 Å². The minimum Gasteiger partial charge on any atom is -0.469 e. The molecule has 0 radical (unpaired) electrons. The van der Waals surface area contributed by atoms with E-state index in [4.69, 9.17) is 4.42 Å². The van der Waals surface area contributed by atoms with Crippen LogP contribution in [0.4, 0.5) is 0 Å². The summed E-state index contributed by atoms with van der Waals surface area (Å²) in [6.45, 7) is 2.82. The van der Waals surface area contributed by atoms with Gasteiger partial charge in [-0.1, -0.05) is 29.8 Å². The first-order valence-electron chi connectivity index (χ1n) is 9.44. The van der Waals surface area contributed by atoms with E-state index in [0.717, 1.165) is 16.9 Å². The van der Waals surface area contributed by atoms with Gasteiger partial charge in [-0.15, -0.1) is 11.3 Å². The fourth-order valence-corrected chi connectivity index (χ4v) is 4.07. The molecule has 0 aliphatic heterocycles. The molecular weight excluding hydrogens is 386 g/mol. The first kappa shape index (κ1) is 19.1. The maximum absolute atomic E-state index is 13.0. The summed E-state index contributed by atoms with van der Waals surface area (Å²) >= 11 is 1.46. The van der Waals surface area contributed by atoms with Crippen molar-refractivity contribution < 1.29 is 9.21 Å². The van der Waals surface area contributed by atoms with Gasteiger partial charge in [0.1, 0.15) is 10.6 Å². The predicted molar refractivity (Wildman–Crippen MR) is 114 cm³/mol. The number of fused-ring (bicyclic) bond motifs is 1. The van der Waals surface area contributed by atoms with Crippen LogP contribution in [-0.2, 0) is 17.8 Å². The molecule has 0 unspecified atom stereocenters. The van der Waals surface area contributed by atoms with Gasteiger partial charge in [0.15, 0.2) is 0 Å². The van der Waals surface area contributed by atoms with Gasteiger partial charge in [-0.3, -0.25) is 14.2 Å². The first-order valence-corrected chi connectivity index (χ1v) is 10.3. The van der Waals surface area contributed by atoms with E-state index < -0.39 is 0 Å². The number of nitrogens with one attached hydrogen (secondary N) is 1. The lowest BCUT2D eigenvalue weighted by atomic mass is 10.1. The maximum atomic E-state index is 13.0. The number of aromatic nitrogens is 2. The van der Waals surface area contributed by atoms with Gasteiger partial charge in [0.05, 0.1) is 18.0 Å². The summed E-state index contributed by atoms with van der Waals surface area (Å²) in [5.74, 6) is 0.727. The maximum Gasteiger partial charge on any atom is 0.262 e. The number of nitrogens with zero attached hydrogens (tertiary/aromatic N) is 2. The Balaban J connectivity index is 1.46. The lowest BCUT2D eigenvalue weighted by Crippen LogP contribution is -2.28. The topological polar surface area (TPSA) is 77.1 Å². The standard InChI is InChI=1S/C22H21N3O3S/c1-15-4-6-16(7-5-15)18-13-29-21-20(18)22(27)25(14-24-21)11-9-19(26)23-10-8-17-3-2-12-28-17/h2-7,12-14H,8-11H2,1H3,(H,23,26). The van der Waals surface area contributed by atoms with E-state index >= 15 is 0 Å². The number of hydrogen-bond acceptors (Lipinski definition) is 5. The normalized spacial score (nSPS) is 11.1. The van der Waals surface area contributed by atoms with Crippen molar-refractivity contribution in [3.05, 3.63) is 76.0 Å². The van der Waals surface area contributed by atoms with Gasteiger partial charge in [-0.25, -0.2) is 4.98 Å². The Morgan fingerprint density at radius 3 is 2.83 bits per heavy atom. The molecule has 0 atom stereocenters. The molecule has 148 valence electrons. The highest BCUT2D eigenvalue weighted by atomic mass is 32.1. The second-order valence-electron chi connectivity index (χ2n) is 6.87. The van der Waals surface area contributed by atoms with E-state index in [0.29, 0.717) is 23.2 Å². The average molecular weight is 407 g/mol. The van der Waals surface area contributed by atoms with E-state index in [1.807, 2.05) is 48.7 Å². The molecule has 0 saturated carbocycles. The molecular formula is C22H21N3O3S. The Bertz CT molecular complexity index is 1170. The van der Waals surface area contributed by atoms with Crippen molar-refractivity contribution in [3.63, 3.8) is 0 Å². The third kappa shape index (κ3) is 4.30. The molecule has 0 aliphatic carbocycles. The van der Waals surface area contributed by atoms with E-state index in [1.54, 1.807) is 6.26 Å². The van der Waals surface area contributed by atoms with Crippen LogP contribution in [0.2, 0.25) is 0 Å². The van der Waals surface area contributed by atoms with E-state index in [2.05, 4.69) is 10.3 Å². The highest BCUT2D eigenvalue weighted by Crippen LogP contribution is 2.30. The third-order valence-electron chi connectivity index (χ3n) is 4.78. The molecule has 3 aromatic heterocycles. The van der Waals surface area contributed by atoms with Gasteiger partial charge in [-0.05, 0) is 24.6 Å². The molecule has 1 aromatic carbocycles. The largest absolute Gasteiger partial charge is 0.469 e. The number of carbonyl (C=O) groups is 1. The smallest absolute Gasteiger partial charge is 0.262 e. The Morgan fingerprint density at radius 2 is 2.07 bits per heavy atom. The van der Waals surface area contributed by atoms with Crippen molar-refractivity contribution in [2.75, 3.05) is 6.54 Å². The number of benzene rings is 1. The van der Waals surface area contributed by atoms with Crippen LogP contribution in [0.25, 0.3) is 21.3 Å². The minimum absolute atomic E-state index is 0.104. The van der Waals surface area contributed by atoms with Gasteiger partial charge in [0.25, 0.3) is 5.56 Å². The van der Waals surface area contributed by atoms with Crippen molar-refractivity contribution in [1.82, 2.24) is 14.9 Å². The molecule has 3 heterocycles. The Kier molecular flexibility index (Phi) is 5.57. The molecule has 7 heteroatoms. The van der Waals surface area contributed by atoms with E-state index in [-0.39, 0.29) is 24.4 Å². The van der Waals surface area contributed by atoms with Gasteiger partial charge >= 0.3 is 0 Å². The Labute approximate surface area is 171 Å². The molecule has 0 fully saturated rings. The van der Waals surface area contributed by atoms with Gasteiger partial charge < -0.3 is 9.73 Å². The zero-order valence-corrected chi connectivity index (χ0v) is 16.9. The number of thiophene rings is 1. The molecule has 4 aromatic rings. The molecule has 6 nitrogen and oxygen atoms in total. The molecule has 29 heavy (non-hydrogen) atoms. The number of aryl methyl sites for hydroxylation is 2. The van der Waals surface area contributed by atoms with Crippen LogP contribution >= 0.6 is 11.3 Å². The SMILES string of the molecule is Cc1ccc(-c2csc3ncn(CCC(=O)NCCc4ccco4)c(=O)c23)cc1. The second kappa shape index (κ2) is 8.45. The Hall–Kier alpha value is -3.19. The molecule has 1 amide bonds. The predicted octanol–water partition coefficient (Wildman–Crippen LogP) is 3.78. The molecule has 4 rings (SSSR count). The molecule has 0 saturated heterocycles. The van der Waals surface area contributed by atoms with Crippen molar-refractivity contribution in [2.24, 2.45) is 0 Å². The fraction of sp³-hybridized carbons (Fsp3) is 0.227. The Morgan fingerprint density at radius 1 is 1.24 bits per heavy atom. The van der Waals surface area contributed by atoms with Crippen molar-refractivity contribution in [3.8, 4) is 11.1 Å². The number of amides is 1. The number of rotatable bonds is 7. The quantitative estimate of drug-likeness (QED) is 0.506. The summed E-state index contributed by atoms with van der Waals surface area (Å²) in [5, 5.41) is 5.43. The van der Waals surface area contributed by atoms with Crippen molar-refractivity contribution >= 4 is 27.5 Å². The fourth-order valence-electron chi connectivity index (χ4n) is 3.16. The van der Waals surface area contributed by atoms with Crippen LogP contribution in [0, 0.1) is 6.92 Å². The molecule has 0 spiro atoms.